The third-order valence-corrected chi connectivity index (χ3v) is 1.82. The first-order valence-electron chi connectivity index (χ1n) is 3.58. The molecule has 0 N–H and O–H groups in total. The molecule has 14 heavy (non-hydrogen) atoms. The molecule has 1 aromatic heterocycles. The monoisotopic (exact) mass is 223 g/mol. The van der Waals surface area contributed by atoms with E-state index < -0.39 is 28.7 Å². The lowest BCUT2D eigenvalue weighted by atomic mass is 10.1. The van der Waals surface area contributed by atoms with Crippen molar-refractivity contribution in [2.24, 2.45) is 0 Å². The molecule has 1 rings (SSSR count). The molecule has 0 fully saturated rings. The lowest BCUT2D eigenvalue weighted by molar-refractivity contribution is 0.106. The summed E-state index contributed by atoms with van der Waals surface area (Å²) in [4.78, 5) is 14.0. The molecular formula is C8H5ClF3NO. The number of rotatable bonds is 2. The van der Waals surface area contributed by atoms with Crippen molar-refractivity contribution in [1.82, 2.24) is 4.98 Å². The van der Waals surface area contributed by atoms with Crippen molar-refractivity contribution < 1.29 is 18.0 Å². The van der Waals surface area contributed by atoms with Crippen LogP contribution in [-0.2, 0) is 0 Å². The van der Waals surface area contributed by atoms with Gasteiger partial charge in [-0.15, -0.1) is 0 Å². The van der Waals surface area contributed by atoms with Gasteiger partial charge in [-0.1, -0.05) is 0 Å². The minimum atomic E-state index is -2.95. The fraction of sp³-hybridized carbons (Fsp3) is 0.250. The normalized spacial score (nSPS) is 10.7. The summed E-state index contributed by atoms with van der Waals surface area (Å²) in [5, 5.41) is -1.06. The first kappa shape index (κ1) is 11.0. The Morgan fingerprint density at radius 3 is 2.57 bits per heavy atom. The third-order valence-electron chi connectivity index (χ3n) is 1.63. The number of carbonyl (C=O) groups is 1. The number of aromatic nitrogens is 1. The summed E-state index contributed by atoms with van der Waals surface area (Å²) in [6.07, 6.45) is -2.95. The lowest BCUT2D eigenvalue weighted by Gasteiger charge is -2.07. The summed E-state index contributed by atoms with van der Waals surface area (Å²) in [5.41, 5.74) is -1.29. The van der Waals surface area contributed by atoms with Gasteiger partial charge in [-0.25, -0.2) is 13.8 Å². The molecule has 0 aliphatic carbocycles. The van der Waals surface area contributed by atoms with Gasteiger partial charge in [0.25, 0.3) is 11.7 Å². The zero-order valence-electron chi connectivity index (χ0n) is 7.02. The van der Waals surface area contributed by atoms with E-state index in [4.69, 9.17) is 11.6 Å². The molecule has 1 aromatic rings. The molecule has 0 saturated heterocycles. The van der Waals surface area contributed by atoms with Crippen LogP contribution in [0.25, 0.3) is 0 Å². The van der Waals surface area contributed by atoms with E-state index in [0.717, 1.165) is 0 Å². The Bertz CT molecular complexity index is 381. The highest BCUT2D eigenvalue weighted by Gasteiger charge is 2.21. The highest BCUT2D eigenvalue weighted by Crippen LogP contribution is 2.26. The van der Waals surface area contributed by atoms with Crippen molar-refractivity contribution in [3.63, 3.8) is 0 Å². The maximum absolute atomic E-state index is 12.6. The van der Waals surface area contributed by atoms with E-state index >= 15 is 0 Å². The molecular weight excluding hydrogens is 219 g/mol. The van der Waals surface area contributed by atoms with E-state index in [0.29, 0.717) is 6.07 Å². The van der Waals surface area contributed by atoms with Crippen LogP contribution in [0.4, 0.5) is 13.2 Å². The van der Waals surface area contributed by atoms with Crippen LogP contribution in [0.1, 0.15) is 28.0 Å². The summed E-state index contributed by atoms with van der Waals surface area (Å²) in [6, 6.07) is 0.507. The number of aryl methyl sites for hydroxylation is 1. The molecule has 0 aliphatic heterocycles. The van der Waals surface area contributed by atoms with Gasteiger partial charge >= 0.3 is 0 Å². The average Bonchev–Trinajstić information content (AvgIpc) is 2.01. The predicted molar refractivity (Wildman–Crippen MR) is 44.1 cm³/mol. The number of halogens is 4. The predicted octanol–water partition coefficient (Wildman–Crippen LogP) is 2.85. The molecule has 0 aromatic carbocycles. The van der Waals surface area contributed by atoms with Gasteiger partial charge in [-0.3, -0.25) is 4.79 Å². The van der Waals surface area contributed by atoms with Crippen LogP contribution in [0.2, 0.25) is 0 Å². The fourth-order valence-corrected chi connectivity index (χ4v) is 1.33. The van der Waals surface area contributed by atoms with Crippen LogP contribution in [0, 0.1) is 12.9 Å². The van der Waals surface area contributed by atoms with Crippen molar-refractivity contribution >= 4 is 16.8 Å². The minimum absolute atomic E-state index is 0.139. The molecule has 0 saturated carbocycles. The van der Waals surface area contributed by atoms with Gasteiger partial charge in [0.1, 0.15) is 0 Å². The Labute approximate surface area is 82.7 Å². The molecule has 2 nitrogen and oxygen atoms in total. The fourth-order valence-electron chi connectivity index (χ4n) is 1.09. The van der Waals surface area contributed by atoms with Gasteiger partial charge in [-0.2, -0.15) is 4.39 Å². The number of carbonyl (C=O) groups excluding carboxylic acids is 1. The van der Waals surface area contributed by atoms with Gasteiger partial charge in [0, 0.05) is 11.6 Å². The second-order valence-corrected chi connectivity index (χ2v) is 2.91. The molecule has 0 radical (unpaired) electrons. The Morgan fingerprint density at radius 2 is 2.14 bits per heavy atom. The maximum Gasteiger partial charge on any atom is 0.264 e. The van der Waals surface area contributed by atoms with Gasteiger partial charge in [-0.05, 0) is 18.5 Å². The van der Waals surface area contributed by atoms with Crippen LogP contribution < -0.4 is 0 Å². The molecule has 0 spiro atoms. The quantitative estimate of drug-likeness (QED) is 0.570. The highest BCUT2D eigenvalue weighted by atomic mass is 35.5. The van der Waals surface area contributed by atoms with E-state index in [1.807, 2.05) is 0 Å². The lowest BCUT2D eigenvalue weighted by Crippen LogP contribution is -2.05. The zero-order chi connectivity index (χ0) is 10.9. The van der Waals surface area contributed by atoms with Gasteiger partial charge in [0.2, 0.25) is 5.95 Å². The minimum Gasteiger partial charge on any atom is -0.276 e. The van der Waals surface area contributed by atoms with Crippen molar-refractivity contribution in [2.45, 2.75) is 13.3 Å². The molecule has 0 amide bonds. The second-order valence-electron chi connectivity index (χ2n) is 2.57. The van der Waals surface area contributed by atoms with Gasteiger partial charge < -0.3 is 0 Å². The van der Waals surface area contributed by atoms with Crippen LogP contribution in [-0.4, -0.2) is 10.2 Å². The molecule has 0 atom stereocenters. The molecule has 76 valence electrons. The Balaban J connectivity index is 3.44. The molecule has 1 heterocycles. The summed E-state index contributed by atoms with van der Waals surface area (Å²) in [7, 11) is 0. The molecule has 6 heteroatoms. The molecule has 0 unspecified atom stereocenters. The van der Waals surface area contributed by atoms with Crippen LogP contribution in [0.15, 0.2) is 6.07 Å². The van der Waals surface area contributed by atoms with Crippen molar-refractivity contribution in [2.75, 3.05) is 0 Å². The van der Waals surface area contributed by atoms with Gasteiger partial charge in [0.05, 0.1) is 11.3 Å². The third kappa shape index (κ3) is 2.04. The van der Waals surface area contributed by atoms with Gasteiger partial charge in [0.15, 0.2) is 0 Å². The maximum atomic E-state index is 12.6. The largest absolute Gasteiger partial charge is 0.276 e. The summed E-state index contributed by atoms with van der Waals surface area (Å²) in [5.74, 6) is -1.06. The SMILES string of the molecule is Cc1nc(F)cc(C(F)F)c1C(=O)Cl. The van der Waals surface area contributed by atoms with Crippen LogP contribution in [0.5, 0.6) is 0 Å². The summed E-state index contributed by atoms with van der Waals surface area (Å²) >= 11 is 5.08. The van der Waals surface area contributed by atoms with E-state index in [1.165, 1.54) is 6.92 Å². The van der Waals surface area contributed by atoms with Crippen LogP contribution in [0.3, 0.4) is 0 Å². The first-order valence-corrected chi connectivity index (χ1v) is 3.96. The van der Waals surface area contributed by atoms with Crippen molar-refractivity contribution in [3.8, 4) is 0 Å². The first-order chi connectivity index (χ1) is 6.43. The Hall–Kier alpha value is -1.10. The molecule has 0 aliphatic rings. The number of alkyl halides is 2. The van der Waals surface area contributed by atoms with Crippen molar-refractivity contribution in [1.29, 1.82) is 0 Å². The summed E-state index contributed by atoms with van der Waals surface area (Å²) < 4.78 is 37.3. The standard InChI is InChI=1S/C8H5ClF3NO/c1-3-6(7(9)14)4(8(11)12)2-5(10)13-3/h2,8H,1H3. The van der Waals surface area contributed by atoms with E-state index in [-0.39, 0.29) is 5.69 Å². The van der Waals surface area contributed by atoms with Crippen LogP contribution >= 0.6 is 11.6 Å². The smallest absolute Gasteiger partial charge is 0.264 e. The summed E-state index contributed by atoms with van der Waals surface area (Å²) in [6.45, 7) is 1.24. The second kappa shape index (κ2) is 3.96. The Morgan fingerprint density at radius 1 is 1.57 bits per heavy atom. The molecule has 0 bridgehead atoms. The zero-order valence-corrected chi connectivity index (χ0v) is 7.78. The number of hydrogen-bond donors (Lipinski definition) is 0. The topological polar surface area (TPSA) is 30.0 Å². The Kier molecular flexibility index (Phi) is 3.10. The number of pyridine rings is 1. The number of nitrogens with zero attached hydrogens (tertiary/aromatic N) is 1. The average molecular weight is 224 g/mol. The number of hydrogen-bond acceptors (Lipinski definition) is 2. The van der Waals surface area contributed by atoms with E-state index in [9.17, 15) is 18.0 Å². The van der Waals surface area contributed by atoms with E-state index in [2.05, 4.69) is 4.98 Å². The van der Waals surface area contributed by atoms with E-state index in [1.54, 1.807) is 0 Å². The van der Waals surface area contributed by atoms with Crippen molar-refractivity contribution in [3.05, 3.63) is 28.8 Å². The highest BCUT2D eigenvalue weighted by molar-refractivity contribution is 6.68.